The smallest absolute Gasteiger partial charge is 0.224 e. The molecule has 2 aromatic rings. The molecule has 3 N–H and O–H groups in total. The quantitative estimate of drug-likeness (QED) is 0.559. The average molecular weight is 164 g/mol. The maximum atomic E-state index is 5.54. The lowest BCUT2D eigenvalue weighted by Gasteiger charge is -1.97. The molecule has 2 aromatic heterocycles. The van der Waals surface area contributed by atoms with Crippen LogP contribution in [-0.2, 0) is 0 Å². The monoisotopic (exact) mass is 164 g/mol. The number of anilines is 1. The number of nitrogens with zero attached hydrogens (tertiary/aromatic N) is 4. The molecule has 6 heteroatoms. The number of imidazole rings is 1. The van der Waals surface area contributed by atoms with Gasteiger partial charge in [-0.05, 0) is 0 Å². The van der Waals surface area contributed by atoms with Crippen LogP contribution in [0.1, 0.15) is 0 Å². The molecule has 0 fully saturated rings. The molecule has 62 valence electrons. The van der Waals surface area contributed by atoms with Gasteiger partial charge in [0.1, 0.15) is 11.8 Å². The fraction of sp³-hybridized carbons (Fsp3) is 0.167. The fourth-order valence-electron chi connectivity index (χ4n) is 0.947. The van der Waals surface area contributed by atoms with Crippen LogP contribution in [0.3, 0.4) is 0 Å². The van der Waals surface area contributed by atoms with E-state index in [0.29, 0.717) is 17.1 Å². The molecule has 0 aromatic carbocycles. The second-order valence-electron chi connectivity index (χ2n) is 2.30. The Balaban J connectivity index is 2.71. The molecule has 6 nitrogen and oxygen atoms in total. The highest BCUT2D eigenvalue weighted by Gasteiger charge is 2.02. The van der Waals surface area contributed by atoms with Crippen LogP contribution in [0.2, 0.25) is 0 Å². The van der Waals surface area contributed by atoms with E-state index in [-0.39, 0.29) is 0 Å². The summed E-state index contributed by atoms with van der Waals surface area (Å²) < 4.78 is 1.36. The molecule has 0 unspecified atom stereocenters. The zero-order valence-electron chi connectivity index (χ0n) is 6.52. The van der Waals surface area contributed by atoms with E-state index in [1.165, 1.54) is 11.0 Å². The van der Waals surface area contributed by atoms with Crippen LogP contribution in [-0.4, -0.2) is 26.7 Å². The Morgan fingerprint density at radius 3 is 3.08 bits per heavy atom. The molecule has 0 amide bonds. The number of rotatable bonds is 1. The minimum absolute atomic E-state index is 0.537. The van der Waals surface area contributed by atoms with Crippen molar-refractivity contribution in [1.29, 1.82) is 0 Å². The van der Waals surface area contributed by atoms with E-state index in [2.05, 4.69) is 20.3 Å². The largest absolute Gasteiger partial charge is 0.357 e. The average Bonchev–Trinajstić information content (AvgIpc) is 2.47. The van der Waals surface area contributed by atoms with Crippen molar-refractivity contribution in [2.24, 2.45) is 0 Å². The number of hydrogen-bond donors (Lipinski definition) is 2. The third kappa shape index (κ3) is 0.849. The van der Waals surface area contributed by atoms with Crippen molar-refractivity contribution in [3.63, 3.8) is 0 Å². The van der Waals surface area contributed by atoms with Crippen LogP contribution in [0.5, 0.6) is 0 Å². The van der Waals surface area contributed by atoms with Crippen molar-refractivity contribution in [2.45, 2.75) is 0 Å². The summed E-state index contributed by atoms with van der Waals surface area (Å²) in [5.41, 5.74) is 1.31. The molecule has 12 heavy (non-hydrogen) atoms. The maximum absolute atomic E-state index is 5.54. The van der Waals surface area contributed by atoms with Gasteiger partial charge in [0, 0.05) is 7.05 Å². The van der Waals surface area contributed by atoms with E-state index in [1.54, 1.807) is 13.2 Å². The van der Waals surface area contributed by atoms with Gasteiger partial charge in [0.05, 0.1) is 6.20 Å². The number of nitrogen functional groups attached to an aromatic ring is 1. The Labute approximate surface area is 68.4 Å². The molecule has 0 bridgehead atoms. The Kier molecular flexibility index (Phi) is 1.33. The van der Waals surface area contributed by atoms with Crippen LogP contribution in [0.25, 0.3) is 11.2 Å². The van der Waals surface area contributed by atoms with Crippen LogP contribution >= 0.6 is 0 Å². The molecule has 0 aliphatic rings. The summed E-state index contributed by atoms with van der Waals surface area (Å²) in [5.74, 6) is 6.07. The van der Waals surface area contributed by atoms with Crippen LogP contribution in [0.4, 0.5) is 5.95 Å². The van der Waals surface area contributed by atoms with Crippen LogP contribution < -0.4 is 11.2 Å². The highest BCUT2D eigenvalue weighted by Crippen LogP contribution is 2.07. The zero-order valence-corrected chi connectivity index (χ0v) is 6.52. The third-order valence-corrected chi connectivity index (χ3v) is 1.54. The molecular weight excluding hydrogens is 156 g/mol. The van der Waals surface area contributed by atoms with Gasteiger partial charge in [0.2, 0.25) is 5.95 Å². The summed E-state index contributed by atoms with van der Waals surface area (Å²) in [6, 6.07) is 0. The van der Waals surface area contributed by atoms with E-state index in [1.807, 2.05) is 0 Å². The van der Waals surface area contributed by atoms with Gasteiger partial charge in [-0.2, -0.15) is 4.98 Å². The summed E-state index contributed by atoms with van der Waals surface area (Å²) >= 11 is 0. The van der Waals surface area contributed by atoms with Gasteiger partial charge in [-0.25, -0.2) is 14.6 Å². The summed E-state index contributed by atoms with van der Waals surface area (Å²) in [4.78, 5) is 12.1. The second kappa shape index (κ2) is 2.33. The lowest BCUT2D eigenvalue weighted by molar-refractivity contribution is 1.01. The molecule has 0 saturated heterocycles. The molecule has 0 spiro atoms. The van der Waals surface area contributed by atoms with Gasteiger partial charge in [-0.3, -0.25) is 0 Å². The minimum Gasteiger partial charge on any atom is -0.357 e. The summed E-state index contributed by atoms with van der Waals surface area (Å²) in [6.45, 7) is 0. The van der Waals surface area contributed by atoms with Gasteiger partial charge >= 0.3 is 0 Å². The topological polar surface area (TPSA) is 81.7 Å². The standard InChI is InChI=1S/C6H8N6/c1-8-6-9-2-4-5(11-6)12(7)3-10-4/h2-3H,7H2,1H3,(H,8,9,11). The van der Waals surface area contributed by atoms with E-state index in [4.69, 9.17) is 5.84 Å². The summed E-state index contributed by atoms with van der Waals surface area (Å²) in [7, 11) is 1.75. The molecule has 0 saturated carbocycles. The number of fused-ring (bicyclic) bond motifs is 1. The molecular formula is C6H8N6. The van der Waals surface area contributed by atoms with Crippen LogP contribution in [0, 0.1) is 0 Å². The molecule has 0 radical (unpaired) electrons. The van der Waals surface area contributed by atoms with Crippen molar-refractivity contribution in [3.8, 4) is 0 Å². The maximum Gasteiger partial charge on any atom is 0.224 e. The zero-order chi connectivity index (χ0) is 8.55. The SMILES string of the molecule is CNc1ncc2ncn(N)c2n1. The Morgan fingerprint density at radius 1 is 1.50 bits per heavy atom. The first kappa shape index (κ1) is 6.84. The minimum atomic E-state index is 0.537. The summed E-state index contributed by atoms with van der Waals surface area (Å²) in [5, 5.41) is 2.82. The van der Waals surface area contributed by atoms with Crippen LogP contribution in [0.15, 0.2) is 12.5 Å². The van der Waals surface area contributed by atoms with E-state index < -0.39 is 0 Å². The van der Waals surface area contributed by atoms with Gasteiger partial charge in [-0.15, -0.1) is 0 Å². The summed E-state index contributed by atoms with van der Waals surface area (Å²) in [6.07, 6.45) is 3.12. The number of aromatic nitrogens is 4. The lowest BCUT2D eigenvalue weighted by atomic mass is 10.6. The predicted molar refractivity (Wildman–Crippen MR) is 45.0 cm³/mol. The van der Waals surface area contributed by atoms with Crippen molar-refractivity contribution in [3.05, 3.63) is 12.5 Å². The number of hydrogen-bond acceptors (Lipinski definition) is 5. The van der Waals surface area contributed by atoms with E-state index in [0.717, 1.165) is 0 Å². The van der Waals surface area contributed by atoms with E-state index >= 15 is 0 Å². The normalized spacial score (nSPS) is 10.4. The molecule has 0 atom stereocenters. The number of nitrogens with one attached hydrogen (secondary N) is 1. The Morgan fingerprint density at radius 2 is 2.33 bits per heavy atom. The molecule has 2 rings (SSSR count). The van der Waals surface area contributed by atoms with Crippen molar-refractivity contribution in [1.82, 2.24) is 19.6 Å². The highest BCUT2D eigenvalue weighted by atomic mass is 15.3. The van der Waals surface area contributed by atoms with E-state index in [9.17, 15) is 0 Å². The van der Waals surface area contributed by atoms with Crippen molar-refractivity contribution < 1.29 is 0 Å². The fourth-order valence-corrected chi connectivity index (χ4v) is 0.947. The molecule has 0 aliphatic carbocycles. The lowest BCUT2D eigenvalue weighted by Crippen LogP contribution is -2.07. The van der Waals surface area contributed by atoms with Gasteiger partial charge in [-0.1, -0.05) is 0 Å². The Bertz CT molecular complexity index is 405. The Hall–Kier alpha value is -1.85. The van der Waals surface area contributed by atoms with Gasteiger partial charge < -0.3 is 11.2 Å². The first-order valence-corrected chi connectivity index (χ1v) is 3.44. The molecule has 0 aliphatic heterocycles. The number of nitrogens with two attached hydrogens (primary N) is 1. The second-order valence-corrected chi connectivity index (χ2v) is 2.30. The first-order chi connectivity index (χ1) is 5.81. The van der Waals surface area contributed by atoms with Crippen molar-refractivity contribution in [2.75, 3.05) is 18.2 Å². The van der Waals surface area contributed by atoms with Gasteiger partial charge in [0.15, 0.2) is 5.65 Å². The van der Waals surface area contributed by atoms with Gasteiger partial charge in [0.25, 0.3) is 0 Å². The first-order valence-electron chi connectivity index (χ1n) is 3.44. The van der Waals surface area contributed by atoms with Crippen molar-refractivity contribution >= 4 is 17.1 Å². The molecule has 2 heterocycles. The third-order valence-electron chi connectivity index (χ3n) is 1.54. The highest BCUT2D eigenvalue weighted by molar-refractivity contribution is 5.70. The predicted octanol–water partition coefficient (Wildman–Crippen LogP) is -0.418.